The molecule has 0 spiro atoms. The van der Waals surface area contributed by atoms with Gasteiger partial charge in [0.25, 0.3) is 0 Å². The first-order chi connectivity index (χ1) is 13.1. The summed E-state index contributed by atoms with van der Waals surface area (Å²) in [5.41, 5.74) is 4.56. The number of hydrogen-bond acceptors (Lipinski definition) is 5. The van der Waals surface area contributed by atoms with E-state index in [2.05, 4.69) is 32.3 Å². The van der Waals surface area contributed by atoms with E-state index in [1.807, 2.05) is 19.1 Å². The third-order valence-corrected chi connectivity index (χ3v) is 5.47. The van der Waals surface area contributed by atoms with E-state index in [1.165, 1.54) is 17.5 Å². The Labute approximate surface area is 160 Å². The van der Waals surface area contributed by atoms with Crippen LogP contribution in [0.25, 0.3) is 0 Å². The van der Waals surface area contributed by atoms with Crippen molar-refractivity contribution in [2.24, 2.45) is 5.92 Å². The lowest BCUT2D eigenvalue weighted by molar-refractivity contribution is -0.120. The lowest BCUT2D eigenvalue weighted by Crippen LogP contribution is -2.41. The van der Waals surface area contributed by atoms with E-state index in [0.717, 1.165) is 43.6 Å². The fourth-order valence-electron chi connectivity index (χ4n) is 4.04. The van der Waals surface area contributed by atoms with Gasteiger partial charge in [0.05, 0.1) is 13.0 Å². The number of fused-ring (bicyclic) bond motifs is 1. The fourth-order valence-corrected chi connectivity index (χ4v) is 4.04. The monoisotopic (exact) mass is 366 g/mol. The topological polar surface area (TPSA) is 67.3 Å². The molecule has 1 aromatic heterocycles. The summed E-state index contributed by atoms with van der Waals surface area (Å²) in [7, 11) is 1.61. The summed E-state index contributed by atoms with van der Waals surface area (Å²) < 4.78 is 5.26. The van der Waals surface area contributed by atoms with Crippen LogP contribution >= 0.6 is 0 Å². The van der Waals surface area contributed by atoms with Crippen LogP contribution in [0, 0.1) is 12.8 Å². The Kier molecular flexibility index (Phi) is 4.97. The van der Waals surface area contributed by atoms with Crippen molar-refractivity contribution in [2.45, 2.75) is 39.0 Å². The molecule has 1 atom stereocenters. The van der Waals surface area contributed by atoms with Crippen LogP contribution in [0.15, 0.2) is 24.3 Å². The van der Waals surface area contributed by atoms with Crippen molar-refractivity contribution in [1.29, 1.82) is 0 Å². The second-order valence-corrected chi connectivity index (χ2v) is 7.46. The smallest absolute Gasteiger partial charge is 0.229 e. The molecule has 2 aromatic rings. The van der Waals surface area contributed by atoms with Crippen LogP contribution in [0.2, 0.25) is 0 Å². The minimum absolute atomic E-state index is 0.0675. The minimum atomic E-state index is -0.0675. The molecule has 1 aliphatic carbocycles. The van der Waals surface area contributed by atoms with Crippen LogP contribution in [0.3, 0.4) is 0 Å². The molecule has 0 bridgehead atoms. The zero-order valence-electron chi connectivity index (χ0n) is 16.0. The number of carbonyl (C=O) groups excluding carboxylic acids is 1. The highest BCUT2D eigenvalue weighted by Crippen LogP contribution is 2.27. The number of methoxy groups -OCH3 is 1. The number of carbonyl (C=O) groups is 1. The number of hydrogen-bond donors (Lipinski definition) is 1. The van der Waals surface area contributed by atoms with Crippen LogP contribution in [-0.4, -0.2) is 36.1 Å². The van der Waals surface area contributed by atoms with Gasteiger partial charge in [-0.25, -0.2) is 4.98 Å². The number of ether oxygens (including phenoxy) is 1. The van der Waals surface area contributed by atoms with Gasteiger partial charge in [0.2, 0.25) is 17.7 Å². The van der Waals surface area contributed by atoms with Crippen molar-refractivity contribution in [3.8, 4) is 5.88 Å². The van der Waals surface area contributed by atoms with Gasteiger partial charge in [-0.1, -0.05) is 6.07 Å². The van der Waals surface area contributed by atoms with Crippen molar-refractivity contribution in [2.75, 3.05) is 30.4 Å². The van der Waals surface area contributed by atoms with E-state index < -0.39 is 0 Å². The Morgan fingerprint density at radius 3 is 2.89 bits per heavy atom. The molecule has 1 fully saturated rings. The molecule has 6 nitrogen and oxygen atoms in total. The maximum absolute atomic E-state index is 12.8. The summed E-state index contributed by atoms with van der Waals surface area (Å²) in [6.07, 6.45) is 5.31. The van der Waals surface area contributed by atoms with Crippen molar-refractivity contribution >= 4 is 17.5 Å². The van der Waals surface area contributed by atoms with E-state index in [4.69, 9.17) is 4.74 Å². The first-order valence-electron chi connectivity index (χ1n) is 9.69. The highest BCUT2D eigenvalue weighted by molar-refractivity contribution is 5.93. The van der Waals surface area contributed by atoms with Crippen molar-refractivity contribution < 1.29 is 9.53 Å². The number of rotatable bonds is 4. The predicted octanol–water partition coefficient (Wildman–Crippen LogP) is 3.14. The summed E-state index contributed by atoms with van der Waals surface area (Å²) in [5, 5.41) is 3.12. The third-order valence-electron chi connectivity index (χ3n) is 5.47. The molecular weight excluding hydrogens is 340 g/mol. The van der Waals surface area contributed by atoms with Gasteiger partial charge in [0, 0.05) is 30.5 Å². The third kappa shape index (κ3) is 3.89. The molecule has 1 aromatic carbocycles. The summed E-state index contributed by atoms with van der Waals surface area (Å²) >= 11 is 0. The van der Waals surface area contributed by atoms with Crippen molar-refractivity contribution in [1.82, 2.24) is 9.97 Å². The Hall–Kier alpha value is -2.63. The van der Waals surface area contributed by atoms with Crippen LogP contribution in [0.1, 0.15) is 36.1 Å². The molecule has 6 heteroatoms. The summed E-state index contributed by atoms with van der Waals surface area (Å²) in [6.45, 7) is 3.41. The van der Waals surface area contributed by atoms with E-state index in [-0.39, 0.29) is 11.8 Å². The minimum Gasteiger partial charge on any atom is -0.481 e. The number of nitrogens with zero attached hydrogens (tertiary/aromatic N) is 3. The van der Waals surface area contributed by atoms with E-state index in [1.54, 1.807) is 7.11 Å². The molecule has 0 unspecified atom stereocenters. The molecule has 1 amide bonds. The second kappa shape index (κ2) is 7.55. The average Bonchev–Trinajstić information content (AvgIpc) is 3.15. The van der Waals surface area contributed by atoms with E-state index >= 15 is 0 Å². The Morgan fingerprint density at radius 2 is 2.04 bits per heavy atom. The van der Waals surface area contributed by atoms with Crippen LogP contribution in [0.5, 0.6) is 5.88 Å². The molecule has 1 saturated heterocycles. The Balaban J connectivity index is 1.45. The number of anilines is 2. The fraction of sp³-hybridized carbons (Fsp3) is 0.476. The average molecular weight is 366 g/mol. The molecule has 0 saturated carbocycles. The van der Waals surface area contributed by atoms with Crippen LogP contribution in [-0.2, 0) is 17.6 Å². The normalized spacial score (nSPS) is 18.9. The summed E-state index contributed by atoms with van der Waals surface area (Å²) in [5.74, 6) is 1.21. The van der Waals surface area contributed by atoms with Gasteiger partial charge >= 0.3 is 0 Å². The first-order valence-corrected chi connectivity index (χ1v) is 9.69. The quantitative estimate of drug-likeness (QED) is 0.900. The van der Waals surface area contributed by atoms with Gasteiger partial charge in [-0.05, 0) is 62.3 Å². The van der Waals surface area contributed by atoms with Gasteiger partial charge < -0.3 is 15.0 Å². The van der Waals surface area contributed by atoms with Crippen LogP contribution in [0.4, 0.5) is 11.6 Å². The van der Waals surface area contributed by atoms with Crippen LogP contribution < -0.4 is 15.0 Å². The highest BCUT2D eigenvalue weighted by Gasteiger charge is 2.28. The number of aryl methyl sites for hydroxylation is 3. The molecule has 1 aliphatic heterocycles. The lowest BCUT2D eigenvalue weighted by atomic mass is 9.97. The number of piperidine rings is 1. The largest absolute Gasteiger partial charge is 0.481 e. The van der Waals surface area contributed by atoms with Crippen molar-refractivity contribution in [3.05, 3.63) is 41.1 Å². The highest BCUT2D eigenvalue weighted by atomic mass is 16.5. The standard InChI is InChI=1S/C21H26N4O2/c1-14-11-19(27-2)24-21(22-14)25-10-4-7-17(13-25)20(26)23-18-9-8-15-5-3-6-16(15)12-18/h8-9,11-12,17H,3-7,10,13H2,1-2H3,(H,23,26)/t17-/m1/s1. The van der Waals surface area contributed by atoms with E-state index in [0.29, 0.717) is 18.4 Å². The van der Waals surface area contributed by atoms with Gasteiger partial charge in [-0.3, -0.25) is 4.79 Å². The van der Waals surface area contributed by atoms with Crippen molar-refractivity contribution in [3.63, 3.8) is 0 Å². The number of amides is 1. The molecule has 0 radical (unpaired) electrons. The molecular formula is C21H26N4O2. The number of aromatic nitrogens is 2. The Bertz CT molecular complexity index is 852. The first kappa shape index (κ1) is 17.8. The predicted molar refractivity (Wildman–Crippen MR) is 105 cm³/mol. The van der Waals surface area contributed by atoms with Gasteiger partial charge in [0.1, 0.15) is 0 Å². The number of nitrogens with one attached hydrogen (secondary N) is 1. The summed E-state index contributed by atoms with van der Waals surface area (Å²) in [6, 6.07) is 8.12. The molecule has 4 rings (SSSR count). The SMILES string of the molecule is COc1cc(C)nc(N2CCC[C@@H](C(=O)Nc3ccc4c(c3)CCC4)C2)n1. The maximum Gasteiger partial charge on any atom is 0.229 e. The second-order valence-electron chi connectivity index (χ2n) is 7.46. The lowest BCUT2D eigenvalue weighted by Gasteiger charge is -2.32. The van der Waals surface area contributed by atoms with Gasteiger partial charge in [-0.15, -0.1) is 0 Å². The van der Waals surface area contributed by atoms with Gasteiger partial charge in [0.15, 0.2) is 0 Å². The number of benzene rings is 1. The molecule has 27 heavy (non-hydrogen) atoms. The molecule has 1 N–H and O–H groups in total. The van der Waals surface area contributed by atoms with Gasteiger partial charge in [-0.2, -0.15) is 4.98 Å². The Morgan fingerprint density at radius 1 is 1.19 bits per heavy atom. The van der Waals surface area contributed by atoms with E-state index in [9.17, 15) is 4.79 Å². The zero-order valence-corrected chi connectivity index (χ0v) is 16.0. The summed E-state index contributed by atoms with van der Waals surface area (Å²) in [4.78, 5) is 23.9. The molecule has 2 aliphatic rings. The molecule has 142 valence electrons. The molecule has 2 heterocycles. The zero-order chi connectivity index (χ0) is 18.8. The maximum atomic E-state index is 12.8.